The van der Waals surface area contributed by atoms with Gasteiger partial charge in [-0.25, -0.2) is 8.42 Å². The predicted octanol–water partition coefficient (Wildman–Crippen LogP) is 1.56. The molecule has 6 heteroatoms. The van der Waals surface area contributed by atoms with Gasteiger partial charge in [-0.05, 0) is 18.1 Å². The van der Waals surface area contributed by atoms with Crippen LogP contribution in [0.15, 0.2) is 12.1 Å². The maximum Gasteiger partial charge on any atom is 0.236 e. The fraction of sp³-hybridized carbons (Fsp3) is 0.300. The minimum Gasteiger partial charge on any atom is -0.325 e. The van der Waals surface area contributed by atoms with Crippen molar-refractivity contribution >= 4 is 31.3 Å². The Bertz CT molecular complexity index is 566. The number of nitrogens with one attached hydrogen (secondary N) is 1. The van der Waals surface area contributed by atoms with Crippen molar-refractivity contribution in [2.24, 2.45) is 0 Å². The van der Waals surface area contributed by atoms with Gasteiger partial charge in [0.1, 0.15) is 0 Å². The Kier molecular flexibility index (Phi) is 2.67. The van der Waals surface area contributed by atoms with Gasteiger partial charge < -0.3 is 5.32 Å². The molecule has 1 aliphatic rings. The van der Waals surface area contributed by atoms with Gasteiger partial charge in [0.15, 0.2) is 0 Å². The maximum atomic E-state index is 11.2. The Hall–Kier alpha value is -1.07. The molecule has 1 N–H and O–H groups in total. The zero-order valence-corrected chi connectivity index (χ0v) is 10.2. The van der Waals surface area contributed by atoms with Crippen LogP contribution in [0, 0.1) is 6.92 Å². The summed E-state index contributed by atoms with van der Waals surface area (Å²) in [6.45, 7) is 1.85. The van der Waals surface area contributed by atoms with E-state index in [1.807, 2.05) is 13.0 Å². The summed E-state index contributed by atoms with van der Waals surface area (Å²) in [5, 5.41) is 2.65. The topological polar surface area (TPSA) is 63.2 Å². The van der Waals surface area contributed by atoms with Crippen LogP contribution in [0.3, 0.4) is 0 Å². The number of anilines is 1. The van der Waals surface area contributed by atoms with Crippen molar-refractivity contribution in [3.8, 4) is 0 Å². The van der Waals surface area contributed by atoms with Crippen LogP contribution < -0.4 is 5.32 Å². The van der Waals surface area contributed by atoms with Gasteiger partial charge in [-0.1, -0.05) is 17.7 Å². The number of benzene rings is 1. The van der Waals surface area contributed by atoms with Crippen molar-refractivity contribution in [3.05, 3.63) is 28.8 Å². The molecule has 16 heavy (non-hydrogen) atoms. The van der Waals surface area contributed by atoms with E-state index in [2.05, 4.69) is 5.32 Å². The summed E-state index contributed by atoms with van der Waals surface area (Å²) in [5.74, 6) is -0.382. The summed E-state index contributed by atoms with van der Waals surface area (Å²) >= 11 is 0. The molecule has 0 fully saturated rings. The quantitative estimate of drug-likeness (QED) is 0.820. The van der Waals surface area contributed by atoms with Gasteiger partial charge in [-0.15, -0.1) is 0 Å². The van der Waals surface area contributed by atoms with Crippen molar-refractivity contribution in [2.75, 3.05) is 5.32 Å². The third kappa shape index (κ3) is 2.36. The molecule has 1 aliphatic heterocycles. The lowest BCUT2D eigenvalue weighted by atomic mass is 10.0. The lowest BCUT2D eigenvalue weighted by molar-refractivity contribution is -0.115. The van der Waals surface area contributed by atoms with Crippen molar-refractivity contribution in [1.82, 2.24) is 0 Å². The van der Waals surface area contributed by atoms with E-state index in [9.17, 15) is 13.2 Å². The first-order chi connectivity index (χ1) is 7.35. The molecule has 0 aliphatic carbocycles. The monoisotopic (exact) mass is 259 g/mol. The second-order valence-corrected chi connectivity index (χ2v) is 6.64. The number of amides is 1. The third-order valence-corrected chi connectivity index (χ3v) is 3.37. The molecule has 4 nitrogen and oxygen atoms in total. The normalized spacial score (nSPS) is 14.8. The van der Waals surface area contributed by atoms with Gasteiger partial charge in [0.25, 0.3) is 0 Å². The molecule has 0 radical (unpaired) electrons. The summed E-state index contributed by atoms with van der Waals surface area (Å²) in [5.41, 5.74) is 2.90. The number of hydrogen-bond donors (Lipinski definition) is 1. The molecule has 0 atom stereocenters. The van der Waals surface area contributed by atoms with Gasteiger partial charge >= 0.3 is 0 Å². The molecule has 1 aromatic rings. The van der Waals surface area contributed by atoms with Crippen molar-refractivity contribution in [3.63, 3.8) is 0 Å². The highest BCUT2D eigenvalue weighted by molar-refractivity contribution is 8.13. The minimum absolute atomic E-state index is 0.117. The van der Waals surface area contributed by atoms with Crippen LogP contribution in [-0.4, -0.2) is 14.3 Å². The Labute approximate surface area is 98.0 Å². The zero-order chi connectivity index (χ0) is 11.9. The van der Waals surface area contributed by atoms with Crippen LogP contribution in [-0.2, 0) is 26.0 Å². The Morgan fingerprint density at radius 1 is 1.44 bits per heavy atom. The molecule has 0 saturated heterocycles. The fourth-order valence-corrected chi connectivity index (χ4v) is 2.85. The Balaban J connectivity index is 2.51. The number of fused-ring (bicyclic) bond motifs is 1. The van der Waals surface area contributed by atoms with Gasteiger partial charge in [0, 0.05) is 16.4 Å². The molecule has 0 spiro atoms. The SMILES string of the molecule is Cc1cc2c(c(CS(=O)(=O)Cl)c1)NC(=O)C2. The van der Waals surface area contributed by atoms with E-state index in [-0.39, 0.29) is 11.7 Å². The van der Waals surface area contributed by atoms with Crippen molar-refractivity contribution in [1.29, 1.82) is 0 Å². The van der Waals surface area contributed by atoms with E-state index in [1.54, 1.807) is 6.07 Å². The molecule has 0 aromatic heterocycles. The molecule has 2 rings (SSSR count). The number of carbonyl (C=O) groups excluding carboxylic acids is 1. The van der Waals surface area contributed by atoms with E-state index in [0.29, 0.717) is 17.7 Å². The summed E-state index contributed by atoms with van der Waals surface area (Å²) in [7, 11) is 1.61. The average Bonchev–Trinajstić information content (AvgIpc) is 2.42. The lowest BCUT2D eigenvalue weighted by Gasteiger charge is -2.07. The van der Waals surface area contributed by atoms with Crippen LogP contribution in [0.4, 0.5) is 5.69 Å². The standard InChI is InChI=1S/C10H10ClNO3S/c1-6-2-7-4-9(13)12-10(7)8(3-6)5-16(11,14)15/h2-3H,4-5H2,1H3,(H,12,13). The maximum absolute atomic E-state index is 11.2. The first-order valence-electron chi connectivity index (χ1n) is 4.70. The van der Waals surface area contributed by atoms with Gasteiger partial charge in [0.2, 0.25) is 15.0 Å². The summed E-state index contributed by atoms with van der Waals surface area (Å²) in [6, 6.07) is 3.60. The average molecular weight is 260 g/mol. The molecular weight excluding hydrogens is 250 g/mol. The van der Waals surface area contributed by atoms with Crippen LogP contribution >= 0.6 is 10.7 Å². The lowest BCUT2D eigenvalue weighted by Crippen LogP contribution is -2.06. The predicted molar refractivity (Wildman–Crippen MR) is 62.0 cm³/mol. The highest BCUT2D eigenvalue weighted by atomic mass is 35.7. The van der Waals surface area contributed by atoms with Crippen molar-refractivity contribution < 1.29 is 13.2 Å². The summed E-state index contributed by atoms with van der Waals surface area (Å²) in [6.07, 6.45) is 0.298. The third-order valence-electron chi connectivity index (χ3n) is 2.39. The second kappa shape index (κ2) is 3.75. The highest BCUT2D eigenvalue weighted by Gasteiger charge is 2.23. The second-order valence-electron chi connectivity index (χ2n) is 3.87. The van der Waals surface area contributed by atoms with Crippen molar-refractivity contribution in [2.45, 2.75) is 19.1 Å². The Morgan fingerprint density at radius 3 is 2.75 bits per heavy atom. The van der Waals surface area contributed by atoms with Crippen LogP contribution in [0.1, 0.15) is 16.7 Å². The molecule has 86 valence electrons. The number of hydrogen-bond acceptors (Lipinski definition) is 3. The molecule has 1 aromatic carbocycles. The number of rotatable bonds is 2. The van der Waals surface area contributed by atoms with E-state index in [4.69, 9.17) is 10.7 Å². The zero-order valence-electron chi connectivity index (χ0n) is 8.58. The molecular formula is C10H10ClNO3S. The van der Waals surface area contributed by atoms with E-state index >= 15 is 0 Å². The van der Waals surface area contributed by atoms with Gasteiger partial charge in [-0.3, -0.25) is 4.79 Å². The molecule has 0 bridgehead atoms. The largest absolute Gasteiger partial charge is 0.325 e. The number of aryl methyl sites for hydroxylation is 1. The molecule has 1 amide bonds. The van der Waals surface area contributed by atoms with Crippen LogP contribution in [0.25, 0.3) is 0 Å². The number of halogens is 1. The molecule has 1 heterocycles. The number of carbonyl (C=O) groups is 1. The van der Waals surface area contributed by atoms with Gasteiger partial charge in [0.05, 0.1) is 12.2 Å². The summed E-state index contributed by atoms with van der Waals surface area (Å²) < 4.78 is 22.1. The van der Waals surface area contributed by atoms with E-state index < -0.39 is 9.05 Å². The first kappa shape index (κ1) is 11.4. The first-order valence-corrected chi connectivity index (χ1v) is 7.17. The fourth-order valence-electron chi connectivity index (χ4n) is 1.90. The highest BCUT2D eigenvalue weighted by Crippen LogP contribution is 2.30. The van der Waals surface area contributed by atoms with Crippen LogP contribution in [0.5, 0.6) is 0 Å². The molecule has 0 saturated carbocycles. The summed E-state index contributed by atoms with van der Waals surface area (Å²) in [4.78, 5) is 11.2. The van der Waals surface area contributed by atoms with Crippen LogP contribution in [0.2, 0.25) is 0 Å². The van der Waals surface area contributed by atoms with E-state index in [1.165, 1.54) is 0 Å². The van der Waals surface area contributed by atoms with E-state index in [0.717, 1.165) is 11.1 Å². The molecule has 0 unspecified atom stereocenters. The Morgan fingerprint density at radius 2 is 2.12 bits per heavy atom. The van der Waals surface area contributed by atoms with Gasteiger partial charge in [-0.2, -0.15) is 0 Å². The smallest absolute Gasteiger partial charge is 0.236 e. The minimum atomic E-state index is -3.61.